The number of hydrogen-bond donors (Lipinski definition) is 4. The smallest absolute Gasteiger partial charge is 0.370 e. The molecule has 0 radical (unpaired) electrons. The largest absolute Gasteiger partial charge is 0.481 e. The van der Waals surface area contributed by atoms with E-state index in [0.29, 0.717) is 6.42 Å². The Morgan fingerprint density at radius 1 is 1.42 bits per heavy atom. The second kappa shape index (κ2) is 10.3. The zero-order valence-electron chi connectivity index (χ0n) is 14.4. The SMILES string of the molecule is CCCCC(CC)C(=O)NC1CC=C(C(=O)O)OC1CC(O)CO. The van der Waals surface area contributed by atoms with Gasteiger partial charge in [0.15, 0.2) is 0 Å². The zero-order valence-corrected chi connectivity index (χ0v) is 14.4. The molecule has 0 fully saturated rings. The highest BCUT2D eigenvalue weighted by Crippen LogP contribution is 2.23. The van der Waals surface area contributed by atoms with Crippen LogP contribution in [0.5, 0.6) is 0 Å². The van der Waals surface area contributed by atoms with Crippen LogP contribution in [-0.4, -0.2) is 52.1 Å². The molecule has 7 heteroatoms. The fourth-order valence-corrected chi connectivity index (χ4v) is 2.80. The molecule has 0 spiro atoms. The molecule has 1 amide bonds. The van der Waals surface area contributed by atoms with Gasteiger partial charge in [0.1, 0.15) is 6.10 Å². The van der Waals surface area contributed by atoms with Crippen LogP contribution in [0.2, 0.25) is 0 Å². The molecule has 1 heterocycles. The van der Waals surface area contributed by atoms with Crippen LogP contribution in [0.4, 0.5) is 0 Å². The van der Waals surface area contributed by atoms with Crippen molar-refractivity contribution in [2.45, 2.75) is 70.6 Å². The summed E-state index contributed by atoms with van der Waals surface area (Å²) in [7, 11) is 0. The highest BCUT2D eigenvalue weighted by atomic mass is 16.5. The number of carboxylic acids is 1. The third kappa shape index (κ3) is 6.13. The summed E-state index contributed by atoms with van der Waals surface area (Å²) in [4.78, 5) is 23.5. The van der Waals surface area contributed by atoms with E-state index in [2.05, 4.69) is 12.2 Å². The Balaban J connectivity index is 2.77. The van der Waals surface area contributed by atoms with Crippen LogP contribution < -0.4 is 5.32 Å². The first kappa shape index (κ1) is 20.4. The molecule has 1 aliphatic heterocycles. The second-order valence-corrected chi connectivity index (χ2v) is 6.20. The molecule has 4 atom stereocenters. The van der Waals surface area contributed by atoms with Crippen LogP contribution in [0.1, 0.15) is 52.4 Å². The molecule has 138 valence electrons. The summed E-state index contributed by atoms with van der Waals surface area (Å²) in [6.45, 7) is 3.59. The van der Waals surface area contributed by atoms with Gasteiger partial charge in [-0.15, -0.1) is 0 Å². The Hall–Kier alpha value is -1.60. The normalized spacial score (nSPS) is 22.9. The fourth-order valence-electron chi connectivity index (χ4n) is 2.80. The number of nitrogens with one attached hydrogen (secondary N) is 1. The van der Waals surface area contributed by atoms with Gasteiger partial charge in [0.05, 0.1) is 18.8 Å². The lowest BCUT2D eigenvalue weighted by Crippen LogP contribution is -2.49. The molecule has 1 rings (SSSR count). The minimum atomic E-state index is -1.18. The molecular weight excluding hydrogens is 314 g/mol. The Labute approximate surface area is 142 Å². The summed E-state index contributed by atoms with van der Waals surface area (Å²) in [5.74, 6) is -1.53. The Morgan fingerprint density at radius 2 is 2.12 bits per heavy atom. The van der Waals surface area contributed by atoms with Gasteiger partial charge in [-0.25, -0.2) is 4.79 Å². The molecule has 4 unspecified atom stereocenters. The Morgan fingerprint density at radius 3 is 2.67 bits per heavy atom. The van der Waals surface area contributed by atoms with Crippen molar-refractivity contribution in [3.05, 3.63) is 11.8 Å². The standard InChI is InChI=1S/C17H29NO6/c1-3-5-6-11(4-2)16(21)18-13-7-8-14(17(22)23)24-15(13)9-12(20)10-19/h8,11-13,15,19-20H,3-7,9-10H2,1-2H3,(H,18,21)(H,22,23). The summed E-state index contributed by atoms with van der Waals surface area (Å²) in [6.07, 6.45) is 3.64. The van der Waals surface area contributed by atoms with Crippen molar-refractivity contribution in [3.63, 3.8) is 0 Å². The predicted octanol–water partition coefficient (Wildman–Crippen LogP) is 1.19. The quantitative estimate of drug-likeness (QED) is 0.473. The van der Waals surface area contributed by atoms with Crippen molar-refractivity contribution < 1.29 is 29.6 Å². The molecule has 24 heavy (non-hydrogen) atoms. The molecule has 0 aliphatic carbocycles. The lowest BCUT2D eigenvalue weighted by molar-refractivity contribution is -0.139. The lowest BCUT2D eigenvalue weighted by Gasteiger charge is -2.33. The van der Waals surface area contributed by atoms with Gasteiger partial charge < -0.3 is 25.4 Å². The molecule has 0 saturated carbocycles. The summed E-state index contributed by atoms with van der Waals surface area (Å²) in [6, 6.07) is -0.419. The second-order valence-electron chi connectivity index (χ2n) is 6.20. The summed E-state index contributed by atoms with van der Waals surface area (Å²) >= 11 is 0. The topological polar surface area (TPSA) is 116 Å². The van der Waals surface area contributed by atoms with Crippen LogP contribution in [0, 0.1) is 5.92 Å². The van der Waals surface area contributed by atoms with Crippen LogP contribution in [-0.2, 0) is 14.3 Å². The van der Waals surface area contributed by atoms with Gasteiger partial charge in [-0.2, -0.15) is 0 Å². The molecule has 0 aromatic carbocycles. The van der Waals surface area contributed by atoms with E-state index in [1.807, 2.05) is 6.92 Å². The third-order valence-electron chi connectivity index (χ3n) is 4.31. The number of aliphatic hydroxyl groups excluding tert-OH is 2. The number of carboxylic acid groups (broad SMARTS) is 1. The van der Waals surface area contributed by atoms with Crippen molar-refractivity contribution in [3.8, 4) is 0 Å². The van der Waals surface area contributed by atoms with E-state index in [1.165, 1.54) is 6.08 Å². The average molecular weight is 343 g/mol. The molecule has 7 nitrogen and oxygen atoms in total. The van der Waals surface area contributed by atoms with Crippen molar-refractivity contribution in [1.82, 2.24) is 5.32 Å². The molecule has 0 bridgehead atoms. The fraction of sp³-hybridized carbons (Fsp3) is 0.765. The number of ether oxygens (including phenoxy) is 1. The third-order valence-corrected chi connectivity index (χ3v) is 4.31. The van der Waals surface area contributed by atoms with E-state index < -0.39 is 30.8 Å². The van der Waals surface area contributed by atoms with E-state index in [1.54, 1.807) is 0 Å². The van der Waals surface area contributed by atoms with Crippen molar-refractivity contribution in [2.75, 3.05) is 6.61 Å². The first-order valence-electron chi connectivity index (χ1n) is 8.62. The first-order chi connectivity index (χ1) is 11.4. The van der Waals surface area contributed by atoms with Crippen LogP contribution in [0.15, 0.2) is 11.8 Å². The Kier molecular flexibility index (Phi) is 8.78. The summed E-state index contributed by atoms with van der Waals surface area (Å²) < 4.78 is 5.40. The first-order valence-corrected chi connectivity index (χ1v) is 8.62. The van der Waals surface area contributed by atoms with E-state index >= 15 is 0 Å². The van der Waals surface area contributed by atoms with Crippen molar-refractivity contribution >= 4 is 11.9 Å². The maximum Gasteiger partial charge on any atom is 0.370 e. The predicted molar refractivity (Wildman–Crippen MR) is 88.2 cm³/mol. The molecule has 0 aromatic rings. The minimum absolute atomic E-state index is 0.0534. The summed E-state index contributed by atoms with van der Waals surface area (Å²) in [5, 5.41) is 30.6. The lowest BCUT2D eigenvalue weighted by atomic mass is 9.95. The van der Waals surface area contributed by atoms with E-state index in [9.17, 15) is 14.7 Å². The number of aliphatic hydroxyl groups is 2. The van der Waals surface area contributed by atoms with E-state index in [-0.39, 0.29) is 24.0 Å². The van der Waals surface area contributed by atoms with Crippen LogP contribution >= 0.6 is 0 Å². The highest BCUT2D eigenvalue weighted by Gasteiger charge is 2.33. The van der Waals surface area contributed by atoms with Gasteiger partial charge in [0.25, 0.3) is 0 Å². The Bertz CT molecular complexity index is 450. The average Bonchev–Trinajstić information content (AvgIpc) is 2.56. The zero-order chi connectivity index (χ0) is 18.1. The van der Waals surface area contributed by atoms with Crippen LogP contribution in [0.3, 0.4) is 0 Å². The molecular formula is C17H29NO6. The summed E-state index contributed by atoms with van der Waals surface area (Å²) in [5.41, 5.74) is 0. The number of hydrogen-bond acceptors (Lipinski definition) is 5. The number of carbonyl (C=O) groups is 2. The van der Waals surface area contributed by atoms with Gasteiger partial charge in [-0.1, -0.05) is 26.7 Å². The van der Waals surface area contributed by atoms with Crippen molar-refractivity contribution in [1.29, 1.82) is 0 Å². The number of unbranched alkanes of at least 4 members (excludes halogenated alkanes) is 1. The number of carbonyl (C=O) groups excluding carboxylic acids is 1. The van der Waals surface area contributed by atoms with Crippen molar-refractivity contribution in [2.24, 2.45) is 5.92 Å². The minimum Gasteiger partial charge on any atom is -0.481 e. The van der Waals surface area contributed by atoms with Gasteiger partial charge in [-0.05, 0) is 25.3 Å². The van der Waals surface area contributed by atoms with E-state index in [4.69, 9.17) is 14.9 Å². The number of aliphatic carboxylic acids is 1. The monoisotopic (exact) mass is 343 g/mol. The molecule has 0 saturated heterocycles. The van der Waals surface area contributed by atoms with Crippen LogP contribution in [0.25, 0.3) is 0 Å². The van der Waals surface area contributed by atoms with E-state index in [0.717, 1.165) is 25.7 Å². The number of amides is 1. The maximum absolute atomic E-state index is 12.4. The molecule has 4 N–H and O–H groups in total. The van der Waals surface area contributed by atoms with Gasteiger partial charge in [-0.3, -0.25) is 4.79 Å². The molecule has 0 aromatic heterocycles. The molecule has 1 aliphatic rings. The highest BCUT2D eigenvalue weighted by molar-refractivity contribution is 5.84. The number of rotatable bonds is 10. The van der Waals surface area contributed by atoms with Gasteiger partial charge in [0, 0.05) is 12.3 Å². The van der Waals surface area contributed by atoms with Gasteiger partial charge in [0.2, 0.25) is 11.7 Å². The van der Waals surface area contributed by atoms with Gasteiger partial charge >= 0.3 is 5.97 Å². The maximum atomic E-state index is 12.4.